The van der Waals surface area contributed by atoms with Gasteiger partial charge >= 0.3 is 0 Å². The lowest BCUT2D eigenvalue weighted by Gasteiger charge is -2.24. The van der Waals surface area contributed by atoms with E-state index in [1.807, 2.05) is 0 Å². The highest BCUT2D eigenvalue weighted by molar-refractivity contribution is 5.94. The Morgan fingerprint density at radius 3 is 2.94 bits per heavy atom. The lowest BCUT2D eigenvalue weighted by atomic mass is 10.0. The number of benzene rings is 1. The Bertz CT molecular complexity index is 453. The largest absolute Gasteiger partial charge is 0.350 e. The number of carbonyl (C=O) groups is 1. The molecule has 0 radical (unpaired) electrons. The van der Waals surface area contributed by atoms with Crippen molar-refractivity contribution in [2.45, 2.75) is 32.2 Å². The molecule has 1 amide bonds. The van der Waals surface area contributed by atoms with E-state index in [9.17, 15) is 9.18 Å². The third-order valence-electron chi connectivity index (χ3n) is 3.47. The van der Waals surface area contributed by atoms with Crippen LogP contribution in [0.25, 0.3) is 0 Å². The fourth-order valence-corrected chi connectivity index (χ4v) is 2.28. The summed E-state index contributed by atoms with van der Waals surface area (Å²) >= 11 is 0. The number of halogens is 1. The van der Waals surface area contributed by atoms with Crippen molar-refractivity contribution in [1.82, 2.24) is 10.6 Å². The summed E-state index contributed by atoms with van der Waals surface area (Å²) in [6.07, 6.45) is 2.15. The van der Waals surface area contributed by atoms with E-state index in [-0.39, 0.29) is 17.0 Å². The average Bonchev–Trinajstić information content (AvgIpc) is 2.74. The van der Waals surface area contributed by atoms with Crippen molar-refractivity contribution in [3.63, 3.8) is 0 Å². The van der Waals surface area contributed by atoms with Gasteiger partial charge < -0.3 is 10.6 Å². The molecule has 1 fully saturated rings. The molecule has 1 aromatic rings. The van der Waals surface area contributed by atoms with Crippen LogP contribution in [-0.2, 0) is 0 Å². The summed E-state index contributed by atoms with van der Waals surface area (Å²) < 4.78 is 13.6. The minimum absolute atomic E-state index is 0.0587. The van der Waals surface area contributed by atoms with Gasteiger partial charge in [0.2, 0.25) is 0 Å². The number of rotatable bonds is 3. The van der Waals surface area contributed by atoms with E-state index >= 15 is 0 Å². The zero-order valence-corrected chi connectivity index (χ0v) is 10.8. The van der Waals surface area contributed by atoms with E-state index in [4.69, 9.17) is 0 Å². The smallest absolute Gasteiger partial charge is 0.254 e. The molecule has 3 nitrogen and oxygen atoms in total. The van der Waals surface area contributed by atoms with Crippen LogP contribution in [0.4, 0.5) is 4.39 Å². The number of hydrogen-bond acceptors (Lipinski definition) is 2. The Kier molecular flexibility index (Phi) is 3.66. The molecular formula is C14H19FN2O. The summed E-state index contributed by atoms with van der Waals surface area (Å²) in [5.74, 6) is -0.806. The van der Waals surface area contributed by atoms with Gasteiger partial charge in [0.15, 0.2) is 0 Å². The van der Waals surface area contributed by atoms with Crippen LogP contribution in [0.15, 0.2) is 18.2 Å². The first-order valence-corrected chi connectivity index (χ1v) is 6.30. The lowest BCUT2D eigenvalue weighted by Crippen LogP contribution is -2.47. The SMILES string of the molecule is Cc1ccc(C(=O)NCC2(C)CCCN2)c(F)c1. The zero-order valence-electron chi connectivity index (χ0n) is 10.8. The third-order valence-corrected chi connectivity index (χ3v) is 3.47. The molecular weight excluding hydrogens is 231 g/mol. The van der Waals surface area contributed by atoms with E-state index in [0.717, 1.165) is 24.9 Å². The molecule has 1 aromatic carbocycles. The predicted octanol–water partition coefficient (Wildman–Crippen LogP) is 2.01. The van der Waals surface area contributed by atoms with Crippen LogP contribution in [0.1, 0.15) is 35.7 Å². The summed E-state index contributed by atoms with van der Waals surface area (Å²) in [6, 6.07) is 4.66. The van der Waals surface area contributed by atoms with Gasteiger partial charge in [0.25, 0.3) is 5.91 Å². The zero-order chi connectivity index (χ0) is 13.2. The number of aryl methyl sites for hydroxylation is 1. The van der Waals surface area contributed by atoms with Gasteiger partial charge in [-0.2, -0.15) is 0 Å². The van der Waals surface area contributed by atoms with Crippen LogP contribution in [0.2, 0.25) is 0 Å². The second kappa shape index (κ2) is 5.06. The molecule has 0 aliphatic carbocycles. The summed E-state index contributed by atoms with van der Waals surface area (Å²) in [6.45, 7) is 5.38. The Morgan fingerprint density at radius 2 is 2.33 bits per heavy atom. The molecule has 1 atom stereocenters. The topological polar surface area (TPSA) is 41.1 Å². The molecule has 0 saturated carbocycles. The standard InChI is InChI=1S/C14H19FN2O/c1-10-4-5-11(12(15)8-10)13(18)16-9-14(2)6-3-7-17-14/h4-5,8,17H,3,6-7,9H2,1-2H3,(H,16,18). The number of carbonyl (C=O) groups excluding carboxylic acids is 1. The second-order valence-corrected chi connectivity index (χ2v) is 5.26. The van der Waals surface area contributed by atoms with Gasteiger partial charge in [0, 0.05) is 12.1 Å². The van der Waals surface area contributed by atoms with Crippen molar-refractivity contribution in [3.8, 4) is 0 Å². The van der Waals surface area contributed by atoms with Crippen molar-refractivity contribution in [2.75, 3.05) is 13.1 Å². The summed E-state index contributed by atoms with van der Waals surface area (Å²) in [5, 5.41) is 6.16. The quantitative estimate of drug-likeness (QED) is 0.861. The molecule has 2 N–H and O–H groups in total. The Labute approximate surface area is 107 Å². The van der Waals surface area contributed by atoms with Gasteiger partial charge in [0.1, 0.15) is 5.82 Å². The molecule has 18 heavy (non-hydrogen) atoms. The monoisotopic (exact) mass is 250 g/mol. The van der Waals surface area contributed by atoms with Gasteiger partial charge in [-0.05, 0) is 50.9 Å². The van der Waals surface area contributed by atoms with E-state index < -0.39 is 5.82 Å². The minimum atomic E-state index is -0.461. The van der Waals surface area contributed by atoms with Gasteiger partial charge in [-0.25, -0.2) is 4.39 Å². The number of nitrogens with one attached hydrogen (secondary N) is 2. The average molecular weight is 250 g/mol. The van der Waals surface area contributed by atoms with Crippen molar-refractivity contribution in [1.29, 1.82) is 0 Å². The van der Waals surface area contributed by atoms with Crippen LogP contribution in [0.3, 0.4) is 0 Å². The first kappa shape index (κ1) is 13.0. The molecule has 2 rings (SSSR count). The van der Waals surface area contributed by atoms with Crippen molar-refractivity contribution < 1.29 is 9.18 Å². The number of amides is 1. The van der Waals surface area contributed by atoms with Crippen molar-refractivity contribution in [3.05, 3.63) is 35.1 Å². The van der Waals surface area contributed by atoms with Crippen LogP contribution in [0, 0.1) is 12.7 Å². The maximum Gasteiger partial charge on any atom is 0.254 e. The predicted molar refractivity (Wildman–Crippen MR) is 69.1 cm³/mol. The third kappa shape index (κ3) is 2.88. The van der Waals surface area contributed by atoms with Crippen LogP contribution >= 0.6 is 0 Å². The maximum absolute atomic E-state index is 13.6. The normalized spacial score (nSPS) is 23.1. The summed E-state index contributed by atoms with van der Waals surface area (Å²) in [5.41, 5.74) is 0.868. The summed E-state index contributed by atoms with van der Waals surface area (Å²) in [7, 11) is 0. The fraction of sp³-hybridized carbons (Fsp3) is 0.500. The second-order valence-electron chi connectivity index (χ2n) is 5.26. The molecule has 4 heteroatoms. The van der Waals surface area contributed by atoms with E-state index in [1.165, 1.54) is 12.1 Å². The minimum Gasteiger partial charge on any atom is -0.350 e. The lowest BCUT2D eigenvalue weighted by molar-refractivity contribution is 0.0938. The molecule has 1 saturated heterocycles. The van der Waals surface area contributed by atoms with Gasteiger partial charge in [-0.3, -0.25) is 4.79 Å². The molecule has 1 heterocycles. The summed E-state index contributed by atoms with van der Waals surface area (Å²) in [4.78, 5) is 11.9. The molecule has 0 spiro atoms. The highest BCUT2D eigenvalue weighted by Gasteiger charge is 2.28. The first-order chi connectivity index (χ1) is 8.50. The highest BCUT2D eigenvalue weighted by Crippen LogP contribution is 2.17. The maximum atomic E-state index is 13.6. The van der Waals surface area contributed by atoms with Gasteiger partial charge in [0.05, 0.1) is 5.56 Å². The Balaban J connectivity index is 1.99. The van der Waals surface area contributed by atoms with Crippen molar-refractivity contribution in [2.24, 2.45) is 0 Å². The van der Waals surface area contributed by atoms with Crippen LogP contribution in [-0.4, -0.2) is 24.5 Å². The van der Waals surface area contributed by atoms with Crippen molar-refractivity contribution >= 4 is 5.91 Å². The molecule has 1 unspecified atom stereocenters. The van der Waals surface area contributed by atoms with Gasteiger partial charge in [-0.1, -0.05) is 6.07 Å². The molecule has 0 bridgehead atoms. The Morgan fingerprint density at radius 1 is 1.56 bits per heavy atom. The van der Waals surface area contributed by atoms with E-state index in [1.54, 1.807) is 13.0 Å². The van der Waals surface area contributed by atoms with Crippen LogP contribution in [0.5, 0.6) is 0 Å². The van der Waals surface area contributed by atoms with E-state index in [2.05, 4.69) is 17.6 Å². The Hall–Kier alpha value is -1.42. The first-order valence-electron chi connectivity index (χ1n) is 6.30. The van der Waals surface area contributed by atoms with Crippen LogP contribution < -0.4 is 10.6 Å². The fourth-order valence-electron chi connectivity index (χ4n) is 2.28. The highest BCUT2D eigenvalue weighted by atomic mass is 19.1. The molecule has 98 valence electrons. The van der Waals surface area contributed by atoms with Gasteiger partial charge in [-0.15, -0.1) is 0 Å². The molecule has 1 aliphatic rings. The number of hydrogen-bond donors (Lipinski definition) is 2. The van der Waals surface area contributed by atoms with E-state index in [0.29, 0.717) is 6.54 Å². The molecule has 1 aliphatic heterocycles. The molecule has 0 aromatic heterocycles.